The maximum absolute atomic E-state index is 11.4. The van der Waals surface area contributed by atoms with Crippen LogP contribution in [0.3, 0.4) is 0 Å². The first-order chi connectivity index (χ1) is 7.13. The van der Waals surface area contributed by atoms with Crippen LogP contribution in [0.5, 0.6) is 5.75 Å². The molecule has 0 amide bonds. The van der Waals surface area contributed by atoms with Crippen LogP contribution >= 0.6 is 11.6 Å². The lowest BCUT2D eigenvalue weighted by atomic mass is 10.0. The van der Waals surface area contributed by atoms with Crippen molar-refractivity contribution in [3.63, 3.8) is 0 Å². The molecule has 0 radical (unpaired) electrons. The normalized spacial score (nSPS) is 9.87. The molecule has 3 nitrogen and oxygen atoms in total. The SMILES string of the molecule is COC(=O)c1cc(CCl)c(OC)cc1C. The zero-order valence-corrected chi connectivity index (χ0v) is 9.72. The van der Waals surface area contributed by atoms with Gasteiger partial charge in [-0.2, -0.15) is 0 Å². The molecule has 0 aliphatic carbocycles. The van der Waals surface area contributed by atoms with Crippen molar-refractivity contribution in [2.24, 2.45) is 0 Å². The van der Waals surface area contributed by atoms with Gasteiger partial charge in [-0.05, 0) is 24.6 Å². The second kappa shape index (κ2) is 5.03. The summed E-state index contributed by atoms with van der Waals surface area (Å²) in [6.45, 7) is 1.83. The summed E-state index contributed by atoms with van der Waals surface area (Å²) in [5.41, 5.74) is 2.12. The largest absolute Gasteiger partial charge is 0.496 e. The second-order valence-corrected chi connectivity index (χ2v) is 3.37. The van der Waals surface area contributed by atoms with Crippen LogP contribution in [0.1, 0.15) is 21.5 Å². The number of ether oxygens (including phenoxy) is 2. The lowest BCUT2D eigenvalue weighted by Gasteiger charge is -2.10. The highest BCUT2D eigenvalue weighted by molar-refractivity contribution is 6.17. The summed E-state index contributed by atoms with van der Waals surface area (Å²) in [5, 5.41) is 0. The van der Waals surface area contributed by atoms with E-state index in [1.54, 1.807) is 19.2 Å². The maximum Gasteiger partial charge on any atom is 0.338 e. The molecule has 1 rings (SSSR count). The fourth-order valence-corrected chi connectivity index (χ4v) is 1.56. The van der Waals surface area contributed by atoms with Gasteiger partial charge in [0, 0.05) is 5.56 Å². The van der Waals surface area contributed by atoms with E-state index in [2.05, 4.69) is 4.74 Å². The average Bonchev–Trinajstić information content (AvgIpc) is 2.27. The van der Waals surface area contributed by atoms with E-state index in [0.717, 1.165) is 11.1 Å². The van der Waals surface area contributed by atoms with E-state index in [4.69, 9.17) is 16.3 Å². The van der Waals surface area contributed by atoms with E-state index in [-0.39, 0.29) is 5.97 Å². The Labute approximate surface area is 93.9 Å². The first kappa shape index (κ1) is 11.9. The first-order valence-corrected chi connectivity index (χ1v) is 4.99. The molecular weight excluding hydrogens is 216 g/mol. The molecule has 0 bridgehead atoms. The fourth-order valence-electron chi connectivity index (χ4n) is 1.35. The Kier molecular flexibility index (Phi) is 3.97. The number of aryl methyl sites for hydroxylation is 1. The number of halogens is 1. The molecule has 0 saturated heterocycles. The number of carbonyl (C=O) groups excluding carboxylic acids is 1. The van der Waals surface area contributed by atoms with E-state index in [0.29, 0.717) is 17.2 Å². The van der Waals surface area contributed by atoms with Crippen molar-refractivity contribution in [2.75, 3.05) is 14.2 Å². The standard InChI is InChI=1S/C11H13ClO3/c1-7-4-10(14-2)8(6-12)5-9(7)11(13)15-3/h4-5H,6H2,1-3H3. The molecule has 4 heteroatoms. The molecule has 1 aromatic rings. The topological polar surface area (TPSA) is 35.5 Å². The molecule has 0 unspecified atom stereocenters. The van der Waals surface area contributed by atoms with Gasteiger partial charge in [-0.1, -0.05) is 0 Å². The van der Waals surface area contributed by atoms with Crippen molar-refractivity contribution >= 4 is 17.6 Å². The number of benzene rings is 1. The van der Waals surface area contributed by atoms with Crippen molar-refractivity contribution in [1.29, 1.82) is 0 Å². The minimum absolute atomic E-state index is 0.299. The van der Waals surface area contributed by atoms with Crippen LogP contribution < -0.4 is 4.74 Å². The number of hydrogen-bond acceptors (Lipinski definition) is 3. The van der Waals surface area contributed by atoms with Gasteiger partial charge in [0.2, 0.25) is 0 Å². The van der Waals surface area contributed by atoms with Crippen LogP contribution in [0, 0.1) is 6.92 Å². The summed E-state index contributed by atoms with van der Waals surface area (Å²) >= 11 is 5.75. The monoisotopic (exact) mass is 228 g/mol. The quantitative estimate of drug-likeness (QED) is 0.589. The summed E-state index contributed by atoms with van der Waals surface area (Å²) in [6, 6.07) is 3.48. The number of hydrogen-bond donors (Lipinski definition) is 0. The first-order valence-electron chi connectivity index (χ1n) is 4.45. The van der Waals surface area contributed by atoms with E-state index in [1.165, 1.54) is 7.11 Å². The minimum atomic E-state index is -0.360. The Morgan fingerprint density at radius 1 is 1.40 bits per heavy atom. The van der Waals surface area contributed by atoms with Crippen molar-refractivity contribution in [3.05, 3.63) is 28.8 Å². The predicted molar refractivity (Wildman–Crippen MR) is 58.6 cm³/mol. The molecule has 82 valence electrons. The third-order valence-electron chi connectivity index (χ3n) is 2.18. The molecule has 0 atom stereocenters. The molecule has 0 saturated carbocycles. The molecule has 0 aromatic heterocycles. The Morgan fingerprint density at radius 3 is 2.53 bits per heavy atom. The lowest BCUT2D eigenvalue weighted by molar-refractivity contribution is 0.0600. The molecule has 15 heavy (non-hydrogen) atoms. The van der Waals surface area contributed by atoms with E-state index in [1.807, 2.05) is 6.92 Å². The van der Waals surface area contributed by atoms with Gasteiger partial charge in [-0.15, -0.1) is 11.6 Å². The molecule has 0 heterocycles. The Morgan fingerprint density at radius 2 is 2.07 bits per heavy atom. The number of rotatable bonds is 3. The molecule has 0 aliphatic heterocycles. The third kappa shape index (κ3) is 2.42. The third-order valence-corrected chi connectivity index (χ3v) is 2.46. The lowest BCUT2D eigenvalue weighted by Crippen LogP contribution is -2.05. The van der Waals surface area contributed by atoms with Crippen LogP contribution in [0.2, 0.25) is 0 Å². The summed E-state index contributed by atoms with van der Waals surface area (Å²) in [7, 11) is 2.93. The van der Waals surface area contributed by atoms with E-state index < -0.39 is 0 Å². The number of methoxy groups -OCH3 is 2. The van der Waals surface area contributed by atoms with Gasteiger partial charge < -0.3 is 9.47 Å². The molecule has 0 fully saturated rings. The van der Waals surface area contributed by atoms with Crippen molar-refractivity contribution in [2.45, 2.75) is 12.8 Å². The molecule has 0 spiro atoms. The molecular formula is C11H13ClO3. The van der Waals surface area contributed by atoms with E-state index >= 15 is 0 Å². The highest BCUT2D eigenvalue weighted by Crippen LogP contribution is 2.25. The van der Waals surface area contributed by atoms with Gasteiger partial charge in [0.05, 0.1) is 25.7 Å². The Hall–Kier alpha value is -1.22. The summed E-state index contributed by atoms with van der Waals surface area (Å²) in [5.74, 6) is 0.629. The zero-order valence-electron chi connectivity index (χ0n) is 8.96. The predicted octanol–water partition coefficient (Wildman–Crippen LogP) is 2.53. The van der Waals surface area contributed by atoms with Gasteiger partial charge in [0.1, 0.15) is 5.75 Å². The Balaban J connectivity index is 3.25. The van der Waals surface area contributed by atoms with Crippen LogP contribution in [-0.4, -0.2) is 20.2 Å². The van der Waals surface area contributed by atoms with Gasteiger partial charge >= 0.3 is 5.97 Å². The average molecular weight is 229 g/mol. The summed E-state index contributed by atoms with van der Waals surface area (Å²) in [4.78, 5) is 11.4. The smallest absolute Gasteiger partial charge is 0.338 e. The molecule has 1 aromatic carbocycles. The maximum atomic E-state index is 11.4. The van der Waals surface area contributed by atoms with Gasteiger partial charge in [-0.25, -0.2) is 4.79 Å². The van der Waals surface area contributed by atoms with Crippen molar-refractivity contribution < 1.29 is 14.3 Å². The van der Waals surface area contributed by atoms with Gasteiger partial charge in [0.15, 0.2) is 0 Å². The van der Waals surface area contributed by atoms with Crippen LogP contribution in [0.4, 0.5) is 0 Å². The van der Waals surface area contributed by atoms with Crippen molar-refractivity contribution in [3.8, 4) is 5.75 Å². The van der Waals surface area contributed by atoms with E-state index in [9.17, 15) is 4.79 Å². The molecule has 0 aliphatic rings. The number of esters is 1. The fraction of sp³-hybridized carbons (Fsp3) is 0.364. The van der Waals surface area contributed by atoms with Gasteiger partial charge in [0.25, 0.3) is 0 Å². The zero-order chi connectivity index (χ0) is 11.4. The summed E-state index contributed by atoms with van der Waals surface area (Å²) in [6.07, 6.45) is 0. The Bertz CT molecular complexity index is 374. The molecule has 0 N–H and O–H groups in total. The minimum Gasteiger partial charge on any atom is -0.496 e. The highest BCUT2D eigenvalue weighted by Gasteiger charge is 2.13. The highest BCUT2D eigenvalue weighted by atomic mass is 35.5. The summed E-state index contributed by atoms with van der Waals surface area (Å²) < 4.78 is 9.82. The number of carbonyl (C=O) groups is 1. The second-order valence-electron chi connectivity index (χ2n) is 3.10. The van der Waals surface area contributed by atoms with Crippen LogP contribution in [0.15, 0.2) is 12.1 Å². The van der Waals surface area contributed by atoms with Crippen LogP contribution in [-0.2, 0) is 10.6 Å². The van der Waals surface area contributed by atoms with Crippen LogP contribution in [0.25, 0.3) is 0 Å². The number of alkyl halides is 1. The van der Waals surface area contributed by atoms with Gasteiger partial charge in [-0.3, -0.25) is 0 Å². The van der Waals surface area contributed by atoms with Crippen molar-refractivity contribution in [1.82, 2.24) is 0 Å².